The molecular weight excluding hydrogens is 224 g/mol. The Kier molecular flexibility index (Phi) is 4.14. The third kappa shape index (κ3) is 3.21. The number of amides is 1. The van der Waals surface area contributed by atoms with Crippen molar-refractivity contribution in [2.24, 2.45) is 5.92 Å². The minimum absolute atomic E-state index is 0.0296. The molecule has 1 aromatic rings. The topological polar surface area (TPSA) is 52.9 Å². The predicted octanol–water partition coefficient (Wildman–Crippen LogP) is 2.20. The molecule has 3 heteroatoms. The van der Waals surface area contributed by atoms with E-state index < -0.39 is 0 Å². The zero-order valence-corrected chi connectivity index (χ0v) is 10.2. The highest BCUT2D eigenvalue weighted by atomic mass is 16.1. The van der Waals surface area contributed by atoms with Crippen molar-refractivity contribution in [3.05, 3.63) is 48.0 Å². The minimum atomic E-state index is -0.139. The smallest absolute Gasteiger partial charge is 0.224 e. The van der Waals surface area contributed by atoms with Crippen molar-refractivity contribution in [3.8, 4) is 6.07 Å². The summed E-state index contributed by atoms with van der Waals surface area (Å²) >= 11 is 0. The molecule has 0 aliphatic heterocycles. The maximum atomic E-state index is 11.9. The van der Waals surface area contributed by atoms with E-state index in [0.29, 0.717) is 6.42 Å². The summed E-state index contributed by atoms with van der Waals surface area (Å²) in [7, 11) is 0. The highest BCUT2D eigenvalue weighted by Gasteiger charge is 2.22. The molecule has 0 heterocycles. The van der Waals surface area contributed by atoms with Crippen LogP contribution in [0.25, 0.3) is 0 Å². The number of allylic oxidation sites excluding steroid dienone is 1. The summed E-state index contributed by atoms with van der Waals surface area (Å²) < 4.78 is 0. The average molecular weight is 240 g/mol. The summed E-state index contributed by atoms with van der Waals surface area (Å²) in [5.41, 5.74) is 0.989. The Bertz CT molecular complexity index is 473. The molecule has 0 saturated carbocycles. The second-order valence-electron chi connectivity index (χ2n) is 4.50. The molecule has 0 fully saturated rings. The van der Waals surface area contributed by atoms with E-state index in [2.05, 4.69) is 11.4 Å². The number of hydrogen-bond donors (Lipinski definition) is 1. The lowest BCUT2D eigenvalue weighted by molar-refractivity contribution is -0.121. The van der Waals surface area contributed by atoms with Crippen LogP contribution in [0.3, 0.4) is 0 Å². The number of carbonyl (C=O) groups is 1. The fraction of sp³-hybridized carbons (Fsp3) is 0.333. The van der Waals surface area contributed by atoms with Crippen LogP contribution in [0.5, 0.6) is 0 Å². The molecule has 1 aromatic carbocycles. The van der Waals surface area contributed by atoms with Gasteiger partial charge in [0.2, 0.25) is 5.91 Å². The molecule has 1 aliphatic rings. The molecule has 0 radical (unpaired) electrons. The molecule has 1 aliphatic carbocycles. The lowest BCUT2D eigenvalue weighted by atomic mass is 9.90. The number of rotatable bonds is 3. The monoisotopic (exact) mass is 240 g/mol. The van der Waals surface area contributed by atoms with Crippen LogP contribution in [-0.4, -0.2) is 11.9 Å². The number of carbonyl (C=O) groups excluding carboxylic acids is 1. The van der Waals surface area contributed by atoms with Crippen molar-refractivity contribution in [1.82, 2.24) is 5.32 Å². The molecule has 0 bridgehead atoms. The van der Waals surface area contributed by atoms with Crippen LogP contribution in [-0.2, 0) is 11.2 Å². The van der Waals surface area contributed by atoms with E-state index in [1.165, 1.54) is 0 Å². The van der Waals surface area contributed by atoms with E-state index in [1.54, 1.807) is 0 Å². The molecule has 0 saturated heterocycles. The van der Waals surface area contributed by atoms with Gasteiger partial charge in [0.1, 0.15) is 0 Å². The third-order valence-electron chi connectivity index (χ3n) is 3.12. The van der Waals surface area contributed by atoms with Crippen LogP contribution < -0.4 is 5.32 Å². The van der Waals surface area contributed by atoms with E-state index in [4.69, 9.17) is 5.26 Å². The van der Waals surface area contributed by atoms with Crippen LogP contribution in [0.1, 0.15) is 18.4 Å². The van der Waals surface area contributed by atoms with Crippen LogP contribution in [0.2, 0.25) is 0 Å². The van der Waals surface area contributed by atoms with Gasteiger partial charge < -0.3 is 5.32 Å². The van der Waals surface area contributed by atoms with Gasteiger partial charge in [-0.25, -0.2) is 0 Å². The van der Waals surface area contributed by atoms with E-state index in [-0.39, 0.29) is 17.9 Å². The first kappa shape index (κ1) is 12.4. The average Bonchev–Trinajstić information content (AvgIpc) is 2.40. The van der Waals surface area contributed by atoms with Crippen molar-refractivity contribution >= 4 is 5.91 Å². The number of benzene rings is 1. The van der Waals surface area contributed by atoms with Crippen LogP contribution in [0, 0.1) is 17.2 Å². The summed E-state index contributed by atoms with van der Waals surface area (Å²) in [4.78, 5) is 11.9. The van der Waals surface area contributed by atoms with Gasteiger partial charge in [-0.15, -0.1) is 0 Å². The first-order valence-corrected chi connectivity index (χ1v) is 6.19. The van der Waals surface area contributed by atoms with Crippen LogP contribution in [0.4, 0.5) is 0 Å². The van der Waals surface area contributed by atoms with E-state index >= 15 is 0 Å². The van der Waals surface area contributed by atoms with Gasteiger partial charge in [-0.05, 0) is 18.4 Å². The van der Waals surface area contributed by atoms with Crippen molar-refractivity contribution < 1.29 is 4.79 Å². The normalized spacial score (nSPS) is 22.2. The molecule has 2 atom stereocenters. The maximum Gasteiger partial charge on any atom is 0.224 e. The molecule has 0 aromatic heterocycles. The second kappa shape index (κ2) is 6.02. The van der Waals surface area contributed by atoms with Gasteiger partial charge in [-0.1, -0.05) is 42.5 Å². The fourth-order valence-corrected chi connectivity index (χ4v) is 2.14. The summed E-state index contributed by atoms with van der Waals surface area (Å²) in [6.45, 7) is 0. The molecule has 1 N–H and O–H groups in total. The molecule has 0 spiro atoms. The van der Waals surface area contributed by atoms with Gasteiger partial charge in [-0.2, -0.15) is 5.26 Å². The number of nitriles is 1. The van der Waals surface area contributed by atoms with Gasteiger partial charge in [0, 0.05) is 0 Å². The standard InChI is InChI=1S/C15H16N2O/c16-11-13-8-4-5-9-14(13)17-15(18)10-12-6-2-1-3-7-12/h1-3,5-7,9,13-14H,4,8,10H2,(H,17,18)/t13-,14-/m0/s1. The highest BCUT2D eigenvalue weighted by molar-refractivity contribution is 5.79. The Morgan fingerprint density at radius 2 is 2.17 bits per heavy atom. The van der Waals surface area contributed by atoms with Gasteiger partial charge in [-0.3, -0.25) is 4.79 Å². The van der Waals surface area contributed by atoms with Gasteiger partial charge in [0.15, 0.2) is 0 Å². The summed E-state index contributed by atoms with van der Waals surface area (Å²) in [5.74, 6) is -0.132. The lowest BCUT2D eigenvalue weighted by Gasteiger charge is -2.23. The molecule has 2 rings (SSSR count). The number of nitrogens with zero attached hydrogens (tertiary/aromatic N) is 1. The summed E-state index contributed by atoms with van der Waals surface area (Å²) in [6.07, 6.45) is 6.07. The Labute approximate surface area is 107 Å². The predicted molar refractivity (Wildman–Crippen MR) is 69.6 cm³/mol. The first-order valence-electron chi connectivity index (χ1n) is 6.19. The molecule has 1 amide bonds. The van der Waals surface area contributed by atoms with Crippen molar-refractivity contribution in [2.75, 3.05) is 0 Å². The second-order valence-corrected chi connectivity index (χ2v) is 4.50. The lowest BCUT2D eigenvalue weighted by Crippen LogP contribution is -2.40. The zero-order chi connectivity index (χ0) is 12.8. The van der Waals surface area contributed by atoms with Crippen molar-refractivity contribution in [2.45, 2.75) is 25.3 Å². The third-order valence-corrected chi connectivity index (χ3v) is 3.12. The molecule has 3 nitrogen and oxygen atoms in total. The Morgan fingerprint density at radius 3 is 2.89 bits per heavy atom. The van der Waals surface area contributed by atoms with E-state index in [1.807, 2.05) is 42.5 Å². The maximum absolute atomic E-state index is 11.9. The zero-order valence-electron chi connectivity index (χ0n) is 10.2. The molecule has 18 heavy (non-hydrogen) atoms. The van der Waals surface area contributed by atoms with Gasteiger partial charge in [0.05, 0.1) is 24.4 Å². The molecule has 0 unspecified atom stereocenters. The van der Waals surface area contributed by atoms with E-state index in [0.717, 1.165) is 18.4 Å². The Balaban J connectivity index is 1.93. The SMILES string of the molecule is N#C[C@@H]1CCC=C[C@@H]1NC(=O)Cc1ccccc1. The van der Waals surface area contributed by atoms with E-state index in [9.17, 15) is 4.79 Å². The van der Waals surface area contributed by atoms with Gasteiger partial charge >= 0.3 is 0 Å². The fourth-order valence-electron chi connectivity index (χ4n) is 2.14. The summed E-state index contributed by atoms with van der Waals surface area (Å²) in [5, 5.41) is 11.9. The Morgan fingerprint density at radius 1 is 1.39 bits per heavy atom. The van der Waals surface area contributed by atoms with Crippen molar-refractivity contribution in [3.63, 3.8) is 0 Å². The van der Waals surface area contributed by atoms with Crippen molar-refractivity contribution in [1.29, 1.82) is 5.26 Å². The van der Waals surface area contributed by atoms with Crippen LogP contribution >= 0.6 is 0 Å². The van der Waals surface area contributed by atoms with Crippen LogP contribution in [0.15, 0.2) is 42.5 Å². The molecule has 92 valence electrons. The first-order chi connectivity index (χ1) is 8.79. The highest BCUT2D eigenvalue weighted by Crippen LogP contribution is 2.18. The largest absolute Gasteiger partial charge is 0.348 e. The van der Waals surface area contributed by atoms with Gasteiger partial charge in [0.25, 0.3) is 0 Å². The Hall–Kier alpha value is -2.08. The number of nitrogens with one attached hydrogen (secondary N) is 1. The molecular formula is C15H16N2O. The number of hydrogen-bond acceptors (Lipinski definition) is 2. The minimum Gasteiger partial charge on any atom is -0.348 e. The summed E-state index contributed by atoms with van der Waals surface area (Å²) in [6, 6.07) is 11.7. The quantitative estimate of drug-likeness (QED) is 0.823.